The van der Waals surface area contributed by atoms with Crippen LogP contribution in [0.2, 0.25) is 0 Å². The summed E-state index contributed by atoms with van der Waals surface area (Å²) in [6.45, 7) is 0. The fraction of sp³-hybridized carbons (Fsp3) is 0.867. The Morgan fingerprint density at radius 2 is 1.95 bits per heavy atom. The summed E-state index contributed by atoms with van der Waals surface area (Å²) < 4.78 is 0. The highest BCUT2D eigenvalue weighted by Crippen LogP contribution is 2.49. The summed E-state index contributed by atoms with van der Waals surface area (Å²) in [6.07, 6.45) is 8.46. The van der Waals surface area contributed by atoms with E-state index in [0.29, 0.717) is 24.7 Å². The molecule has 0 spiro atoms. The predicted molar refractivity (Wildman–Crippen MR) is 70.5 cm³/mol. The minimum atomic E-state index is -0.881. The molecule has 3 aliphatic rings. The van der Waals surface area contributed by atoms with Crippen LogP contribution in [0.25, 0.3) is 0 Å². The molecule has 0 radical (unpaired) electrons. The average Bonchev–Trinajstić information content (AvgIpc) is 2.93. The Hall–Kier alpha value is -1.06. The molecule has 3 aliphatic carbocycles. The zero-order chi connectivity index (χ0) is 13.4. The molecule has 0 aliphatic heterocycles. The van der Waals surface area contributed by atoms with E-state index in [1.54, 1.807) is 0 Å². The predicted octanol–water partition coefficient (Wildman–Crippen LogP) is 2.18. The van der Waals surface area contributed by atoms with Gasteiger partial charge < -0.3 is 10.4 Å². The number of carboxylic acids is 1. The average molecular weight is 265 g/mol. The van der Waals surface area contributed by atoms with Gasteiger partial charge in [0.2, 0.25) is 5.91 Å². The molecule has 19 heavy (non-hydrogen) atoms. The maximum absolute atomic E-state index is 12.0. The first-order chi connectivity index (χ1) is 9.11. The van der Waals surface area contributed by atoms with Gasteiger partial charge in [0.15, 0.2) is 0 Å². The van der Waals surface area contributed by atoms with Gasteiger partial charge in [0, 0.05) is 6.42 Å². The normalized spacial score (nSPS) is 34.2. The molecule has 4 nitrogen and oxygen atoms in total. The van der Waals surface area contributed by atoms with Crippen LogP contribution in [0, 0.1) is 23.7 Å². The fourth-order valence-electron chi connectivity index (χ4n) is 4.03. The molecule has 4 unspecified atom stereocenters. The van der Waals surface area contributed by atoms with Crippen molar-refractivity contribution in [3.05, 3.63) is 0 Å². The SMILES string of the molecule is O=C(CC1CC2CCC1C2)NC(CC1CC1)C(=O)O. The number of hydrogen-bond acceptors (Lipinski definition) is 2. The second-order valence-corrected chi connectivity index (χ2v) is 6.78. The number of aliphatic carboxylic acids is 1. The number of nitrogens with one attached hydrogen (secondary N) is 1. The summed E-state index contributed by atoms with van der Waals surface area (Å²) in [7, 11) is 0. The van der Waals surface area contributed by atoms with Crippen molar-refractivity contribution < 1.29 is 14.7 Å². The van der Waals surface area contributed by atoms with Crippen molar-refractivity contribution >= 4 is 11.9 Å². The molecular formula is C15H23NO3. The van der Waals surface area contributed by atoms with Crippen LogP contribution in [0.1, 0.15) is 51.4 Å². The van der Waals surface area contributed by atoms with Gasteiger partial charge in [-0.2, -0.15) is 0 Å². The van der Waals surface area contributed by atoms with E-state index in [4.69, 9.17) is 5.11 Å². The van der Waals surface area contributed by atoms with Crippen LogP contribution < -0.4 is 5.32 Å². The Labute approximate surface area is 113 Å². The van der Waals surface area contributed by atoms with Crippen molar-refractivity contribution in [3.63, 3.8) is 0 Å². The minimum Gasteiger partial charge on any atom is -0.480 e. The topological polar surface area (TPSA) is 66.4 Å². The molecule has 3 rings (SSSR count). The van der Waals surface area contributed by atoms with Crippen molar-refractivity contribution in [2.75, 3.05) is 0 Å². The number of hydrogen-bond donors (Lipinski definition) is 2. The van der Waals surface area contributed by atoms with Gasteiger partial charge in [0.05, 0.1) is 0 Å². The molecule has 2 N–H and O–H groups in total. The lowest BCUT2D eigenvalue weighted by Crippen LogP contribution is -2.42. The first-order valence-corrected chi connectivity index (χ1v) is 7.64. The summed E-state index contributed by atoms with van der Waals surface area (Å²) in [5, 5.41) is 11.9. The highest BCUT2D eigenvalue weighted by atomic mass is 16.4. The van der Waals surface area contributed by atoms with Crippen LogP contribution in [-0.2, 0) is 9.59 Å². The van der Waals surface area contributed by atoms with Crippen LogP contribution in [0.4, 0.5) is 0 Å². The van der Waals surface area contributed by atoms with Crippen molar-refractivity contribution in [1.82, 2.24) is 5.32 Å². The molecule has 106 valence electrons. The highest BCUT2D eigenvalue weighted by molar-refractivity contribution is 5.83. The van der Waals surface area contributed by atoms with Crippen LogP contribution in [0.15, 0.2) is 0 Å². The lowest BCUT2D eigenvalue weighted by molar-refractivity contribution is -0.142. The highest BCUT2D eigenvalue weighted by Gasteiger charge is 2.40. The molecule has 3 saturated carbocycles. The summed E-state index contributed by atoms with van der Waals surface area (Å²) in [6, 6.07) is -0.668. The third kappa shape index (κ3) is 3.10. The number of carbonyl (C=O) groups excluding carboxylic acids is 1. The first-order valence-electron chi connectivity index (χ1n) is 7.64. The van der Waals surface area contributed by atoms with Gasteiger partial charge in [-0.3, -0.25) is 4.79 Å². The van der Waals surface area contributed by atoms with Gasteiger partial charge in [-0.1, -0.05) is 19.3 Å². The van der Waals surface area contributed by atoms with Crippen LogP contribution >= 0.6 is 0 Å². The molecule has 0 saturated heterocycles. The largest absolute Gasteiger partial charge is 0.480 e. The van der Waals surface area contributed by atoms with E-state index in [0.717, 1.165) is 24.7 Å². The summed E-state index contributed by atoms with van der Waals surface area (Å²) in [5.41, 5.74) is 0. The Morgan fingerprint density at radius 1 is 1.16 bits per heavy atom. The van der Waals surface area contributed by atoms with E-state index in [9.17, 15) is 9.59 Å². The van der Waals surface area contributed by atoms with Crippen molar-refractivity contribution in [3.8, 4) is 0 Å². The summed E-state index contributed by atoms with van der Waals surface area (Å²) in [4.78, 5) is 23.2. The molecule has 4 atom stereocenters. The maximum atomic E-state index is 12.0. The van der Waals surface area contributed by atoms with Crippen molar-refractivity contribution in [2.24, 2.45) is 23.7 Å². The van der Waals surface area contributed by atoms with Gasteiger partial charge in [-0.05, 0) is 49.4 Å². The van der Waals surface area contributed by atoms with Crippen LogP contribution in [0.3, 0.4) is 0 Å². The van der Waals surface area contributed by atoms with E-state index in [1.807, 2.05) is 0 Å². The fourth-order valence-corrected chi connectivity index (χ4v) is 4.03. The minimum absolute atomic E-state index is 0.0504. The number of carbonyl (C=O) groups is 2. The zero-order valence-corrected chi connectivity index (χ0v) is 11.3. The molecule has 2 bridgehead atoms. The van der Waals surface area contributed by atoms with Gasteiger partial charge in [-0.25, -0.2) is 4.79 Å². The summed E-state index contributed by atoms with van der Waals surface area (Å²) in [5.74, 6) is 1.66. The van der Waals surface area contributed by atoms with Crippen molar-refractivity contribution in [2.45, 2.75) is 57.4 Å². The third-order valence-corrected chi connectivity index (χ3v) is 5.23. The molecule has 4 heteroatoms. The molecule has 0 aromatic carbocycles. The van der Waals surface area contributed by atoms with Gasteiger partial charge in [0.1, 0.15) is 6.04 Å². The number of amides is 1. The maximum Gasteiger partial charge on any atom is 0.326 e. The van der Waals surface area contributed by atoms with Crippen molar-refractivity contribution in [1.29, 1.82) is 0 Å². The first kappa shape index (κ1) is 12.9. The molecular weight excluding hydrogens is 242 g/mol. The molecule has 1 amide bonds. The lowest BCUT2D eigenvalue weighted by Gasteiger charge is -2.22. The molecule has 3 fully saturated rings. The number of carboxylic acid groups (broad SMARTS) is 1. The molecule has 0 aromatic heterocycles. The van der Waals surface area contributed by atoms with Gasteiger partial charge in [0.25, 0.3) is 0 Å². The second-order valence-electron chi connectivity index (χ2n) is 6.78. The van der Waals surface area contributed by atoms with Gasteiger partial charge in [-0.15, -0.1) is 0 Å². The van der Waals surface area contributed by atoms with Crippen LogP contribution in [0.5, 0.6) is 0 Å². The Morgan fingerprint density at radius 3 is 2.47 bits per heavy atom. The monoisotopic (exact) mass is 265 g/mol. The van der Waals surface area contributed by atoms with Gasteiger partial charge >= 0.3 is 5.97 Å². The van der Waals surface area contributed by atoms with E-state index >= 15 is 0 Å². The van der Waals surface area contributed by atoms with E-state index < -0.39 is 12.0 Å². The number of rotatable bonds is 6. The van der Waals surface area contributed by atoms with E-state index in [2.05, 4.69) is 5.32 Å². The van der Waals surface area contributed by atoms with E-state index in [-0.39, 0.29) is 5.91 Å². The Bertz CT molecular complexity index is 378. The third-order valence-electron chi connectivity index (χ3n) is 5.23. The molecule has 0 aromatic rings. The second kappa shape index (κ2) is 5.14. The number of fused-ring (bicyclic) bond motifs is 2. The van der Waals surface area contributed by atoms with Crippen LogP contribution in [-0.4, -0.2) is 23.0 Å². The quantitative estimate of drug-likeness (QED) is 0.773. The summed E-state index contributed by atoms with van der Waals surface area (Å²) >= 11 is 0. The Balaban J connectivity index is 1.47. The standard InChI is InChI=1S/C15H23NO3/c17-14(8-12-6-10-3-4-11(12)5-10)16-13(15(18)19)7-9-1-2-9/h9-13H,1-8H2,(H,16,17)(H,18,19). The zero-order valence-electron chi connectivity index (χ0n) is 11.3. The lowest BCUT2D eigenvalue weighted by atomic mass is 9.86. The van der Waals surface area contributed by atoms with E-state index in [1.165, 1.54) is 25.7 Å². The Kier molecular flexibility index (Phi) is 3.50. The molecule has 0 heterocycles. The smallest absolute Gasteiger partial charge is 0.326 e.